The van der Waals surface area contributed by atoms with Crippen molar-refractivity contribution in [2.24, 2.45) is 5.41 Å². The maximum atomic E-state index is 11.9. The number of allylic oxidation sites excluding steroid dienone is 2. The highest BCUT2D eigenvalue weighted by Gasteiger charge is 2.38. The maximum absolute atomic E-state index is 11.9. The first kappa shape index (κ1) is 10.5. The molecule has 1 atom stereocenters. The van der Waals surface area contributed by atoms with Gasteiger partial charge in [-0.15, -0.1) is 0 Å². The Bertz CT molecular complexity index is 348. The van der Waals surface area contributed by atoms with Gasteiger partial charge in [-0.25, -0.2) is 0 Å². The van der Waals surface area contributed by atoms with Gasteiger partial charge in [-0.2, -0.15) is 0 Å². The topological polar surface area (TPSA) is 26.3 Å². The van der Waals surface area contributed by atoms with E-state index in [4.69, 9.17) is 4.74 Å². The number of Topliss-reactive ketones (excluding diaryl/α,β-unsaturated/α-hetero) is 1. The highest BCUT2D eigenvalue weighted by molar-refractivity contribution is 5.97. The van der Waals surface area contributed by atoms with Gasteiger partial charge in [0.15, 0.2) is 5.78 Å². The maximum Gasteiger partial charge on any atom is 0.162 e. The van der Waals surface area contributed by atoms with Crippen LogP contribution in [0.3, 0.4) is 0 Å². The van der Waals surface area contributed by atoms with Gasteiger partial charge in [-0.3, -0.25) is 4.79 Å². The first-order chi connectivity index (χ1) is 7.02. The Hall–Kier alpha value is -1.05. The second kappa shape index (κ2) is 3.51. The van der Waals surface area contributed by atoms with E-state index in [1.807, 2.05) is 19.1 Å². The molecule has 0 radical (unpaired) electrons. The number of carbonyl (C=O) groups is 1. The zero-order valence-electron chi connectivity index (χ0n) is 9.67. The molecule has 0 N–H and O–H groups in total. The van der Waals surface area contributed by atoms with E-state index in [1.54, 1.807) is 0 Å². The minimum absolute atomic E-state index is 0.0702. The van der Waals surface area contributed by atoms with Crippen LogP contribution in [0.5, 0.6) is 0 Å². The average Bonchev–Trinajstić information content (AvgIpc) is 2.46. The lowest BCUT2D eigenvalue weighted by Crippen LogP contribution is -2.24. The van der Waals surface area contributed by atoms with Crippen molar-refractivity contribution in [3.8, 4) is 0 Å². The molecule has 1 aliphatic carbocycles. The molecule has 0 amide bonds. The number of hydrogen-bond acceptors (Lipinski definition) is 2. The zero-order valence-corrected chi connectivity index (χ0v) is 9.67. The molecule has 1 unspecified atom stereocenters. The van der Waals surface area contributed by atoms with Gasteiger partial charge in [0.25, 0.3) is 0 Å². The second-order valence-corrected chi connectivity index (χ2v) is 5.23. The van der Waals surface area contributed by atoms with Crippen LogP contribution in [-0.4, -0.2) is 11.9 Å². The summed E-state index contributed by atoms with van der Waals surface area (Å²) >= 11 is 0. The van der Waals surface area contributed by atoms with E-state index >= 15 is 0 Å². The fourth-order valence-electron chi connectivity index (χ4n) is 2.39. The standard InChI is InChI=1S/C13H18O2/c1-4-5-9-6-10-11(14)7-13(2,3)8-12(10)15-9/h4-5,9H,6-8H2,1-3H3/b5-4+. The number of rotatable bonds is 1. The SMILES string of the molecule is C/C=C/C1CC2=C(CC(C)(C)CC2=O)O1. The Labute approximate surface area is 91.0 Å². The molecule has 0 aromatic heterocycles. The van der Waals surface area contributed by atoms with E-state index in [-0.39, 0.29) is 17.3 Å². The van der Waals surface area contributed by atoms with Crippen LogP contribution in [-0.2, 0) is 9.53 Å². The van der Waals surface area contributed by atoms with Gasteiger partial charge in [0.05, 0.1) is 0 Å². The molecule has 0 saturated carbocycles. The Kier molecular flexibility index (Phi) is 2.45. The third kappa shape index (κ3) is 1.99. The molecule has 2 rings (SSSR count). The molecule has 0 spiro atoms. The first-order valence-corrected chi connectivity index (χ1v) is 5.56. The molecule has 0 bridgehead atoms. The van der Waals surface area contributed by atoms with Crippen LogP contribution in [0.2, 0.25) is 0 Å². The van der Waals surface area contributed by atoms with Crippen LogP contribution in [0.1, 0.15) is 40.0 Å². The van der Waals surface area contributed by atoms with E-state index in [0.717, 1.165) is 24.2 Å². The summed E-state index contributed by atoms with van der Waals surface area (Å²) in [5.41, 5.74) is 1.01. The van der Waals surface area contributed by atoms with Gasteiger partial charge in [0.2, 0.25) is 0 Å². The first-order valence-electron chi connectivity index (χ1n) is 5.56. The molecule has 0 saturated heterocycles. The molecule has 2 aliphatic rings. The van der Waals surface area contributed by atoms with Gasteiger partial charge in [0, 0.05) is 24.8 Å². The molecule has 0 fully saturated rings. The van der Waals surface area contributed by atoms with Crippen LogP contribution < -0.4 is 0 Å². The van der Waals surface area contributed by atoms with Crippen molar-refractivity contribution < 1.29 is 9.53 Å². The van der Waals surface area contributed by atoms with E-state index < -0.39 is 0 Å². The molecule has 0 aromatic rings. The fourth-order valence-corrected chi connectivity index (χ4v) is 2.39. The van der Waals surface area contributed by atoms with Crippen molar-refractivity contribution >= 4 is 5.78 Å². The van der Waals surface area contributed by atoms with E-state index in [9.17, 15) is 4.79 Å². The number of hydrogen-bond donors (Lipinski definition) is 0. The Morgan fingerprint density at radius 1 is 1.40 bits per heavy atom. The summed E-state index contributed by atoms with van der Waals surface area (Å²) in [6.45, 7) is 6.23. The van der Waals surface area contributed by atoms with Crippen LogP contribution >= 0.6 is 0 Å². The number of ether oxygens (including phenoxy) is 1. The summed E-state index contributed by atoms with van der Waals surface area (Å²) in [6.07, 6.45) is 6.45. The van der Waals surface area contributed by atoms with Crippen molar-refractivity contribution in [2.45, 2.75) is 46.1 Å². The van der Waals surface area contributed by atoms with Crippen molar-refractivity contribution in [3.05, 3.63) is 23.5 Å². The minimum atomic E-state index is 0.0702. The van der Waals surface area contributed by atoms with Crippen molar-refractivity contribution in [1.82, 2.24) is 0 Å². The quantitative estimate of drug-likeness (QED) is 0.616. The summed E-state index contributed by atoms with van der Waals surface area (Å²) in [5, 5.41) is 0. The fraction of sp³-hybridized carbons (Fsp3) is 0.615. The Balaban J connectivity index is 2.19. The number of ketones is 1. The summed E-state index contributed by atoms with van der Waals surface area (Å²) in [6, 6.07) is 0. The molecule has 82 valence electrons. The third-order valence-corrected chi connectivity index (χ3v) is 3.06. The lowest BCUT2D eigenvalue weighted by Gasteiger charge is -2.28. The zero-order chi connectivity index (χ0) is 11.1. The van der Waals surface area contributed by atoms with E-state index in [0.29, 0.717) is 6.42 Å². The van der Waals surface area contributed by atoms with Gasteiger partial charge in [-0.05, 0) is 18.4 Å². The largest absolute Gasteiger partial charge is 0.490 e. The minimum Gasteiger partial charge on any atom is -0.490 e. The van der Waals surface area contributed by atoms with E-state index in [1.165, 1.54) is 0 Å². The highest BCUT2D eigenvalue weighted by atomic mass is 16.5. The number of carbonyl (C=O) groups excluding carboxylic acids is 1. The normalized spacial score (nSPS) is 29.5. The molecule has 1 aliphatic heterocycles. The smallest absolute Gasteiger partial charge is 0.162 e. The highest BCUT2D eigenvalue weighted by Crippen LogP contribution is 2.42. The van der Waals surface area contributed by atoms with Crippen molar-refractivity contribution in [2.75, 3.05) is 0 Å². The summed E-state index contributed by atoms with van der Waals surface area (Å²) in [5.74, 6) is 1.23. The van der Waals surface area contributed by atoms with Gasteiger partial charge >= 0.3 is 0 Å². The molecule has 0 aromatic carbocycles. The lowest BCUT2D eigenvalue weighted by atomic mass is 9.76. The molecular formula is C13H18O2. The molecule has 2 nitrogen and oxygen atoms in total. The molecule has 2 heteroatoms. The summed E-state index contributed by atoms with van der Waals surface area (Å²) in [7, 11) is 0. The van der Waals surface area contributed by atoms with Crippen LogP contribution in [0, 0.1) is 5.41 Å². The Morgan fingerprint density at radius 2 is 2.13 bits per heavy atom. The average molecular weight is 206 g/mol. The summed E-state index contributed by atoms with van der Waals surface area (Å²) < 4.78 is 5.78. The van der Waals surface area contributed by atoms with Crippen molar-refractivity contribution in [1.29, 1.82) is 0 Å². The summed E-state index contributed by atoms with van der Waals surface area (Å²) in [4.78, 5) is 11.9. The van der Waals surface area contributed by atoms with Gasteiger partial charge in [-0.1, -0.05) is 19.9 Å². The second-order valence-electron chi connectivity index (χ2n) is 5.23. The van der Waals surface area contributed by atoms with Crippen molar-refractivity contribution in [3.63, 3.8) is 0 Å². The third-order valence-electron chi connectivity index (χ3n) is 3.06. The van der Waals surface area contributed by atoms with Gasteiger partial charge < -0.3 is 4.74 Å². The van der Waals surface area contributed by atoms with Crippen LogP contribution in [0.25, 0.3) is 0 Å². The predicted octanol–water partition coefficient (Wildman–Crippen LogP) is 2.99. The molecule has 15 heavy (non-hydrogen) atoms. The molecular weight excluding hydrogens is 188 g/mol. The Morgan fingerprint density at radius 3 is 2.80 bits per heavy atom. The molecule has 1 heterocycles. The van der Waals surface area contributed by atoms with Crippen LogP contribution in [0.15, 0.2) is 23.5 Å². The predicted molar refractivity (Wildman–Crippen MR) is 59.4 cm³/mol. The lowest BCUT2D eigenvalue weighted by molar-refractivity contribution is -0.118. The van der Waals surface area contributed by atoms with Crippen LogP contribution in [0.4, 0.5) is 0 Å². The van der Waals surface area contributed by atoms with Gasteiger partial charge in [0.1, 0.15) is 11.9 Å². The van der Waals surface area contributed by atoms with E-state index in [2.05, 4.69) is 13.8 Å². The monoisotopic (exact) mass is 206 g/mol.